The van der Waals surface area contributed by atoms with Crippen LogP contribution in [-0.2, 0) is 21.7 Å². The second-order valence-corrected chi connectivity index (χ2v) is 8.87. The Kier molecular flexibility index (Phi) is 5.63. The highest BCUT2D eigenvalue weighted by atomic mass is 35.5. The van der Waals surface area contributed by atoms with Crippen LogP contribution in [0.2, 0.25) is 5.02 Å². The fourth-order valence-electron chi connectivity index (χ4n) is 4.33. The summed E-state index contributed by atoms with van der Waals surface area (Å²) in [5, 5.41) is 11.9. The molecular formula is C27H22ClNO5. The van der Waals surface area contributed by atoms with E-state index in [0.717, 1.165) is 16.7 Å². The summed E-state index contributed by atoms with van der Waals surface area (Å²) in [6.07, 6.45) is 2.58. The van der Waals surface area contributed by atoms with E-state index in [1.807, 2.05) is 31.2 Å². The number of hydrogen-bond donors (Lipinski definition) is 1. The Morgan fingerprint density at radius 3 is 2.74 bits per heavy atom. The summed E-state index contributed by atoms with van der Waals surface area (Å²) in [7, 11) is 0. The Morgan fingerprint density at radius 1 is 1.12 bits per heavy atom. The predicted octanol–water partition coefficient (Wildman–Crippen LogP) is 4.78. The largest absolute Gasteiger partial charge is 0.454 e. The number of amides is 1. The van der Waals surface area contributed by atoms with Crippen molar-refractivity contribution in [1.29, 1.82) is 0 Å². The third-order valence-corrected chi connectivity index (χ3v) is 6.41. The normalized spacial score (nSPS) is 18.6. The van der Waals surface area contributed by atoms with Gasteiger partial charge < -0.3 is 19.5 Å². The van der Waals surface area contributed by atoms with Crippen LogP contribution in [-0.4, -0.2) is 23.6 Å². The molecule has 1 atom stereocenters. The van der Waals surface area contributed by atoms with E-state index >= 15 is 0 Å². The number of halogens is 1. The van der Waals surface area contributed by atoms with Crippen molar-refractivity contribution < 1.29 is 24.2 Å². The molecule has 1 amide bonds. The lowest BCUT2D eigenvalue weighted by atomic mass is 9.89. The zero-order valence-electron chi connectivity index (χ0n) is 18.5. The monoisotopic (exact) mass is 475 g/mol. The first-order valence-electron chi connectivity index (χ1n) is 10.8. The van der Waals surface area contributed by atoms with Crippen LogP contribution in [0, 0.1) is 6.92 Å². The maximum absolute atomic E-state index is 13.5. The van der Waals surface area contributed by atoms with Gasteiger partial charge in [-0.25, -0.2) is 0 Å². The van der Waals surface area contributed by atoms with Gasteiger partial charge in [-0.3, -0.25) is 9.59 Å². The number of aryl methyl sites for hydroxylation is 1. The summed E-state index contributed by atoms with van der Waals surface area (Å²) in [6, 6.07) is 18.0. The number of aliphatic hydroxyl groups is 1. The van der Waals surface area contributed by atoms with Crippen LogP contribution in [0.4, 0.5) is 5.69 Å². The summed E-state index contributed by atoms with van der Waals surface area (Å²) in [4.78, 5) is 27.9. The summed E-state index contributed by atoms with van der Waals surface area (Å²) < 4.78 is 10.7. The molecule has 0 aliphatic carbocycles. The van der Waals surface area contributed by atoms with Crippen molar-refractivity contribution in [3.05, 3.63) is 94.0 Å². The van der Waals surface area contributed by atoms with E-state index < -0.39 is 23.7 Å². The fraction of sp³-hybridized carbons (Fsp3) is 0.185. The first-order chi connectivity index (χ1) is 16.3. The molecule has 2 heterocycles. The number of nitrogens with zero attached hydrogens (tertiary/aromatic N) is 1. The van der Waals surface area contributed by atoms with E-state index in [1.165, 1.54) is 11.0 Å². The second kappa shape index (κ2) is 8.63. The predicted molar refractivity (Wildman–Crippen MR) is 129 cm³/mol. The first-order valence-corrected chi connectivity index (χ1v) is 11.2. The zero-order chi connectivity index (χ0) is 23.9. The summed E-state index contributed by atoms with van der Waals surface area (Å²) >= 11 is 6.19. The molecule has 0 saturated carbocycles. The van der Waals surface area contributed by atoms with Crippen molar-refractivity contribution in [2.75, 3.05) is 11.7 Å². The smallest absolute Gasteiger partial charge is 0.264 e. The van der Waals surface area contributed by atoms with Crippen molar-refractivity contribution in [2.45, 2.75) is 25.5 Å². The Bertz CT molecular complexity index is 1330. The van der Waals surface area contributed by atoms with Gasteiger partial charge in [0.2, 0.25) is 6.79 Å². The molecule has 3 aromatic rings. The third-order valence-electron chi connectivity index (χ3n) is 6.17. The third kappa shape index (κ3) is 3.95. The highest BCUT2D eigenvalue weighted by Crippen LogP contribution is 2.44. The van der Waals surface area contributed by atoms with Crippen LogP contribution < -0.4 is 14.4 Å². The summed E-state index contributed by atoms with van der Waals surface area (Å²) in [5.41, 5.74) is 1.61. The van der Waals surface area contributed by atoms with Gasteiger partial charge in [-0.05, 0) is 60.0 Å². The van der Waals surface area contributed by atoms with E-state index in [1.54, 1.807) is 42.5 Å². The lowest BCUT2D eigenvalue weighted by Gasteiger charge is -2.23. The maximum Gasteiger partial charge on any atom is 0.264 e. The average Bonchev–Trinajstić information content (AvgIpc) is 3.36. The van der Waals surface area contributed by atoms with Gasteiger partial charge >= 0.3 is 0 Å². The van der Waals surface area contributed by atoms with Gasteiger partial charge in [0.25, 0.3) is 5.91 Å². The molecule has 7 heteroatoms. The highest BCUT2D eigenvalue weighted by Gasteiger charge is 2.50. The molecule has 0 saturated heterocycles. The van der Waals surface area contributed by atoms with Crippen molar-refractivity contribution >= 4 is 35.1 Å². The van der Waals surface area contributed by atoms with Gasteiger partial charge in [0.05, 0.1) is 18.7 Å². The highest BCUT2D eigenvalue weighted by molar-refractivity contribution is 6.31. The molecule has 34 heavy (non-hydrogen) atoms. The number of carbonyl (C=O) groups is 2. The van der Waals surface area contributed by atoms with Crippen LogP contribution in [0.15, 0.2) is 66.7 Å². The summed E-state index contributed by atoms with van der Waals surface area (Å²) in [5.74, 6) is 0.321. The number of hydrogen-bond acceptors (Lipinski definition) is 5. The van der Waals surface area contributed by atoms with Crippen LogP contribution in [0.3, 0.4) is 0 Å². The number of allylic oxidation sites excluding steroid dienone is 1. The molecule has 172 valence electrons. The molecule has 0 spiro atoms. The molecule has 2 aliphatic rings. The van der Waals surface area contributed by atoms with Crippen molar-refractivity contribution in [1.82, 2.24) is 0 Å². The Labute approximate surface area is 202 Å². The molecular weight excluding hydrogens is 454 g/mol. The summed E-state index contributed by atoms with van der Waals surface area (Å²) in [6.45, 7) is 2.41. The van der Waals surface area contributed by atoms with Crippen LogP contribution in [0.25, 0.3) is 6.08 Å². The van der Waals surface area contributed by atoms with E-state index in [2.05, 4.69) is 0 Å². The second-order valence-electron chi connectivity index (χ2n) is 8.43. The Hall–Kier alpha value is -3.61. The van der Waals surface area contributed by atoms with Crippen molar-refractivity contribution in [2.24, 2.45) is 0 Å². The van der Waals surface area contributed by atoms with Gasteiger partial charge in [0, 0.05) is 10.6 Å². The molecule has 0 radical (unpaired) electrons. The zero-order valence-corrected chi connectivity index (χ0v) is 19.2. The first kappa shape index (κ1) is 22.2. The molecule has 5 rings (SSSR count). The number of benzene rings is 3. The minimum atomic E-state index is -2.00. The number of fused-ring (bicyclic) bond motifs is 2. The van der Waals surface area contributed by atoms with Gasteiger partial charge in [0.15, 0.2) is 22.9 Å². The number of anilines is 1. The van der Waals surface area contributed by atoms with E-state index in [9.17, 15) is 14.7 Å². The molecule has 0 bridgehead atoms. The van der Waals surface area contributed by atoms with Gasteiger partial charge in [-0.15, -0.1) is 0 Å². The van der Waals surface area contributed by atoms with Crippen LogP contribution in [0.5, 0.6) is 11.5 Å². The van der Waals surface area contributed by atoms with Crippen molar-refractivity contribution in [3.63, 3.8) is 0 Å². The maximum atomic E-state index is 13.5. The standard InChI is InChI=1S/C27H22ClNO5/c1-17-4-2-3-5-19(17)15-29-23-10-8-20(28)13-22(23)27(32,26(29)31)14-21(30)9-6-18-7-11-24-25(12-18)34-16-33-24/h2-13,32H,14-16H2,1H3/b9-6+. The van der Waals surface area contributed by atoms with Gasteiger partial charge in [-0.2, -0.15) is 0 Å². The lowest BCUT2D eigenvalue weighted by molar-refractivity contribution is -0.140. The SMILES string of the molecule is Cc1ccccc1CN1C(=O)C(O)(CC(=O)/C=C/c2ccc3c(c2)OCO3)c2cc(Cl)ccc21. The number of carbonyl (C=O) groups excluding carboxylic acids is 2. The molecule has 0 aromatic heterocycles. The number of ketones is 1. The average molecular weight is 476 g/mol. The molecule has 1 unspecified atom stereocenters. The van der Waals surface area contributed by atoms with Gasteiger partial charge in [0.1, 0.15) is 0 Å². The Morgan fingerprint density at radius 2 is 1.91 bits per heavy atom. The van der Waals surface area contributed by atoms with Gasteiger partial charge in [-0.1, -0.05) is 48.0 Å². The minimum Gasteiger partial charge on any atom is -0.454 e. The quantitative estimate of drug-likeness (QED) is 0.519. The van der Waals surface area contributed by atoms with Crippen molar-refractivity contribution in [3.8, 4) is 11.5 Å². The van der Waals surface area contributed by atoms with Crippen LogP contribution >= 0.6 is 11.6 Å². The molecule has 3 aromatic carbocycles. The Balaban J connectivity index is 1.41. The molecule has 2 aliphatic heterocycles. The van der Waals surface area contributed by atoms with E-state index in [0.29, 0.717) is 27.8 Å². The number of rotatable bonds is 6. The van der Waals surface area contributed by atoms with E-state index in [4.69, 9.17) is 21.1 Å². The minimum absolute atomic E-state index is 0.164. The van der Waals surface area contributed by atoms with Crippen LogP contribution in [0.1, 0.15) is 28.7 Å². The molecule has 1 N–H and O–H groups in total. The topological polar surface area (TPSA) is 76.1 Å². The number of ether oxygens (including phenoxy) is 2. The molecule has 0 fully saturated rings. The fourth-order valence-corrected chi connectivity index (χ4v) is 4.50. The van der Waals surface area contributed by atoms with E-state index in [-0.39, 0.29) is 13.3 Å². The molecule has 6 nitrogen and oxygen atoms in total. The lowest BCUT2D eigenvalue weighted by Crippen LogP contribution is -2.41.